The van der Waals surface area contributed by atoms with Gasteiger partial charge >= 0.3 is 5.97 Å². The van der Waals surface area contributed by atoms with Gasteiger partial charge in [-0.2, -0.15) is 0 Å². The Morgan fingerprint density at radius 2 is 1.52 bits per heavy atom. The third kappa shape index (κ3) is 4.97. The van der Waals surface area contributed by atoms with Crippen molar-refractivity contribution in [2.75, 3.05) is 19.5 Å². The first kappa shape index (κ1) is 18.3. The lowest BCUT2D eigenvalue weighted by Crippen LogP contribution is -2.30. The van der Waals surface area contributed by atoms with Gasteiger partial charge in [0, 0.05) is 23.9 Å². The largest absolute Gasteiger partial charge is 0.497 e. The van der Waals surface area contributed by atoms with Crippen LogP contribution >= 0.6 is 0 Å². The van der Waals surface area contributed by atoms with Crippen LogP contribution in [0.25, 0.3) is 0 Å². The van der Waals surface area contributed by atoms with Crippen LogP contribution in [-0.4, -0.2) is 32.2 Å². The molecule has 0 aliphatic carbocycles. The summed E-state index contributed by atoms with van der Waals surface area (Å²) in [4.78, 5) is 24.3. The molecule has 0 aromatic heterocycles. The Morgan fingerprint density at radius 1 is 0.960 bits per heavy atom. The number of rotatable bonds is 6. The number of amides is 1. The zero-order valence-corrected chi connectivity index (χ0v) is 14.7. The Balaban J connectivity index is 2.02. The van der Waals surface area contributed by atoms with Crippen LogP contribution in [0.1, 0.15) is 22.8 Å². The SMILES string of the molecule is COc1cc(NC(=O)C(C)OC(=O)c2ccc(C)cc2)cc(OC)c1. The van der Waals surface area contributed by atoms with Crippen molar-refractivity contribution in [3.05, 3.63) is 53.6 Å². The first-order valence-corrected chi connectivity index (χ1v) is 7.74. The molecule has 1 N–H and O–H groups in total. The van der Waals surface area contributed by atoms with E-state index >= 15 is 0 Å². The summed E-state index contributed by atoms with van der Waals surface area (Å²) in [6.45, 7) is 3.44. The molecule has 0 fully saturated rings. The van der Waals surface area contributed by atoms with Gasteiger partial charge in [-0.25, -0.2) is 4.79 Å². The molecule has 0 saturated heterocycles. The van der Waals surface area contributed by atoms with E-state index in [1.54, 1.807) is 30.3 Å². The second-order valence-corrected chi connectivity index (χ2v) is 5.50. The lowest BCUT2D eigenvalue weighted by molar-refractivity contribution is -0.123. The predicted molar refractivity (Wildman–Crippen MR) is 94.2 cm³/mol. The average molecular weight is 343 g/mol. The van der Waals surface area contributed by atoms with E-state index in [0.29, 0.717) is 22.7 Å². The molecule has 0 aliphatic heterocycles. The number of nitrogens with one attached hydrogen (secondary N) is 1. The highest BCUT2D eigenvalue weighted by Gasteiger charge is 2.19. The summed E-state index contributed by atoms with van der Waals surface area (Å²) in [5.41, 5.74) is 1.92. The van der Waals surface area contributed by atoms with E-state index in [4.69, 9.17) is 14.2 Å². The Labute approximate surface area is 146 Å². The fourth-order valence-electron chi connectivity index (χ4n) is 2.10. The number of carbonyl (C=O) groups is 2. The minimum Gasteiger partial charge on any atom is -0.497 e. The molecule has 0 bridgehead atoms. The molecule has 6 heteroatoms. The summed E-state index contributed by atoms with van der Waals surface area (Å²) in [6.07, 6.45) is -0.953. The monoisotopic (exact) mass is 343 g/mol. The third-order valence-corrected chi connectivity index (χ3v) is 3.56. The number of benzene rings is 2. The minimum absolute atomic E-state index is 0.397. The van der Waals surface area contributed by atoms with Crippen molar-refractivity contribution < 1.29 is 23.8 Å². The Hall–Kier alpha value is -3.02. The molecule has 25 heavy (non-hydrogen) atoms. The van der Waals surface area contributed by atoms with Crippen LogP contribution in [0.15, 0.2) is 42.5 Å². The standard InChI is InChI=1S/C19H21NO5/c1-12-5-7-14(8-6-12)19(22)25-13(2)18(21)20-15-9-16(23-3)11-17(10-15)24-4/h5-11,13H,1-4H3,(H,20,21). The maximum atomic E-state index is 12.3. The zero-order valence-electron chi connectivity index (χ0n) is 14.7. The van der Waals surface area contributed by atoms with Crippen LogP contribution in [-0.2, 0) is 9.53 Å². The average Bonchev–Trinajstić information content (AvgIpc) is 2.61. The summed E-state index contributed by atoms with van der Waals surface area (Å²) < 4.78 is 15.5. The van der Waals surface area contributed by atoms with Crippen molar-refractivity contribution in [2.24, 2.45) is 0 Å². The number of hydrogen-bond donors (Lipinski definition) is 1. The molecule has 1 unspecified atom stereocenters. The van der Waals surface area contributed by atoms with Crippen LogP contribution in [0.4, 0.5) is 5.69 Å². The molecule has 0 heterocycles. The number of aryl methyl sites for hydroxylation is 1. The number of anilines is 1. The molecule has 0 saturated carbocycles. The van der Waals surface area contributed by atoms with Gasteiger partial charge in [-0.1, -0.05) is 17.7 Å². The van der Waals surface area contributed by atoms with Crippen molar-refractivity contribution in [3.63, 3.8) is 0 Å². The van der Waals surface area contributed by atoms with Crippen LogP contribution < -0.4 is 14.8 Å². The van der Waals surface area contributed by atoms with Gasteiger partial charge in [-0.05, 0) is 26.0 Å². The van der Waals surface area contributed by atoms with Crippen molar-refractivity contribution in [1.29, 1.82) is 0 Å². The van der Waals surface area contributed by atoms with Gasteiger partial charge in [0.25, 0.3) is 5.91 Å². The smallest absolute Gasteiger partial charge is 0.338 e. The molecule has 0 aliphatic rings. The maximum Gasteiger partial charge on any atom is 0.338 e. The van der Waals surface area contributed by atoms with Gasteiger partial charge in [0.05, 0.1) is 19.8 Å². The van der Waals surface area contributed by atoms with Gasteiger partial charge in [0.15, 0.2) is 6.10 Å². The zero-order chi connectivity index (χ0) is 18.4. The van der Waals surface area contributed by atoms with Gasteiger partial charge in [-0.3, -0.25) is 4.79 Å². The van der Waals surface area contributed by atoms with Gasteiger partial charge in [0.2, 0.25) is 0 Å². The lowest BCUT2D eigenvalue weighted by Gasteiger charge is -2.15. The van der Waals surface area contributed by atoms with E-state index in [1.165, 1.54) is 21.1 Å². The molecule has 2 rings (SSSR count). The van der Waals surface area contributed by atoms with Gasteiger partial charge < -0.3 is 19.5 Å². The van der Waals surface area contributed by atoms with E-state index in [0.717, 1.165) is 5.56 Å². The van der Waals surface area contributed by atoms with Crippen molar-refractivity contribution in [3.8, 4) is 11.5 Å². The fourth-order valence-corrected chi connectivity index (χ4v) is 2.10. The summed E-state index contributed by atoms with van der Waals surface area (Å²) >= 11 is 0. The molecular weight excluding hydrogens is 322 g/mol. The molecule has 2 aromatic carbocycles. The highest BCUT2D eigenvalue weighted by Crippen LogP contribution is 2.26. The fraction of sp³-hybridized carbons (Fsp3) is 0.263. The number of esters is 1. The third-order valence-electron chi connectivity index (χ3n) is 3.56. The molecule has 0 spiro atoms. The normalized spacial score (nSPS) is 11.4. The first-order chi connectivity index (χ1) is 11.9. The van der Waals surface area contributed by atoms with E-state index in [9.17, 15) is 9.59 Å². The number of hydrogen-bond acceptors (Lipinski definition) is 5. The van der Waals surface area contributed by atoms with E-state index in [-0.39, 0.29) is 0 Å². The number of methoxy groups -OCH3 is 2. The Morgan fingerprint density at radius 3 is 2.04 bits per heavy atom. The van der Waals surface area contributed by atoms with Gasteiger partial charge in [-0.15, -0.1) is 0 Å². The molecule has 132 valence electrons. The highest BCUT2D eigenvalue weighted by atomic mass is 16.5. The topological polar surface area (TPSA) is 73.9 Å². The molecular formula is C19H21NO5. The number of carbonyl (C=O) groups excluding carboxylic acids is 2. The quantitative estimate of drug-likeness (QED) is 0.816. The van der Waals surface area contributed by atoms with E-state index < -0.39 is 18.0 Å². The van der Waals surface area contributed by atoms with Crippen molar-refractivity contribution in [2.45, 2.75) is 20.0 Å². The van der Waals surface area contributed by atoms with E-state index in [2.05, 4.69) is 5.32 Å². The van der Waals surface area contributed by atoms with Crippen LogP contribution in [0.5, 0.6) is 11.5 Å². The Kier molecular flexibility index (Phi) is 6.00. The van der Waals surface area contributed by atoms with Crippen LogP contribution in [0.2, 0.25) is 0 Å². The molecule has 1 atom stereocenters. The van der Waals surface area contributed by atoms with Crippen LogP contribution in [0.3, 0.4) is 0 Å². The summed E-state index contributed by atoms with van der Waals surface area (Å²) in [5.74, 6) is 0.0829. The molecule has 0 radical (unpaired) electrons. The molecule has 1 amide bonds. The predicted octanol–water partition coefficient (Wildman–Crippen LogP) is 3.20. The summed E-state index contributed by atoms with van der Waals surface area (Å²) in [6, 6.07) is 11.9. The van der Waals surface area contributed by atoms with Crippen molar-refractivity contribution in [1.82, 2.24) is 0 Å². The summed E-state index contributed by atoms with van der Waals surface area (Å²) in [5, 5.41) is 2.68. The molecule has 2 aromatic rings. The first-order valence-electron chi connectivity index (χ1n) is 7.74. The second-order valence-electron chi connectivity index (χ2n) is 5.50. The maximum absolute atomic E-state index is 12.3. The minimum atomic E-state index is -0.953. The molecule has 6 nitrogen and oxygen atoms in total. The Bertz CT molecular complexity index is 733. The second kappa shape index (κ2) is 8.19. The van der Waals surface area contributed by atoms with E-state index in [1.807, 2.05) is 19.1 Å². The van der Waals surface area contributed by atoms with Gasteiger partial charge in [0.1, 0.15) is 11.5 Å². The lowest BCUT2D eigenvalue weighted by atomic mass is 10.1. The summed E-state index contributed by atoms with van der Waals surface area (Å²) in [7, 11) is 3.04. The highest BCUT2D eigenvalue weighted by molar-refractivity contribution is 5.97. The van der Waals surface area contributed by atoms with Crippen molar-refractivity contribution >= 4 is 17.6 Å². The number of ether oxygens (including phenoxy) is 3. The van der Waals surface area contributed by atoms with Crippen LogP contribution in [0, 0.1) is 6.92 Å².